The van der Waals surface area contributed by atoms with Crippen LogP contribution in [0.5, 0.6) is 5.75 Å². The fraction of sp³-hybridized carbons (Fsp3) is 0.600. The first-order valence-corrected chi connectivity index (χ1v) is 9.44. The minimum absolute atomic E-state index is 0.0300. The Bertz CT molecular complexity index is 679. The van der Waals surface area contributed by atoms with Gasteiger partial charge in [-0.2, -0.15) is 5.26 Å². The highest BCUT2D eigenvalue weighted by molar-refractivity contribution is 5.74. The monoisotopic (exact) mass is 356 g/mol. The second-order valence-corrected chi connectivity index (χ2v) is 7.87. The number of nitrogens with zero attached hydrogens (tertiary/aromatic N) is 3. The van der Waals surface area contributed by atoms with Crippen molar-refractivity contribution in [3.8, 4) is 11.8 Å². The Morgan fingerprint density at radius 3 is 2.85 bits per heavy atom. The van der Waals surface area contributed by atoms with Crippen LogP contribution in [0.4, 0.5) is 4.79 Å². The molecule has 26 heavy (non-hydrogen) atoms. The lowest BCUT2D eigenvalue weighted by Gasteiger charge is -2.38. The van der Waals surface area contributed by atoms with Crippen LogP contribution in [0.2, 0.25) is 0 Å². The molecule has 1 aromatic carbocycles. The molecular weight excluding hydrogens is 328 g/mol. The van der Waals surface area contributed by atoms with Crippen LogP contribution in [0, 0.1) is 16.7 Å². The van der Waals surface area contributed by atoms with Crippen LogP contribution < -0.4 is 5.32 Å². The molecule has 1 atom stereocenters. The molecule has 0 radical (unpaired) electrons. The van der Waals surface area contributed by atoms with Crippen LogP contribution in [0.15, 0.2) is 24.3 Å². The van der Waals surface area contributed by atoms with Crippen molar-refractivity contribution in [3.63, 3.8) is 0 Å². The zero-order valence-electron chi connectivity index (χ0n) is 15.4. The second-order valence-electron chi connectivity index (χ2n) is 7.87. The van der Waals surface area contributed by atoms with E-state index < -0.39 is 5.41 Å². The third-order valence-electron chi connectivity index (χ3n) is 5.49. The molecule has 0 aliphatic carbocycles. The van der Waals surface area contributed by atoms with Crippen molar-refractivity contribution in [2.24, 2.45) is 5.41 Å². The molecule has 2 N–H and O–H groups in total. The standard InChI is InChI=1S/C20H28N4O2/c1-20(14-21)8-3-9-24(15-20)19(26)22-17-6-10-23(11-7-17)13-16-4-2-5-18(25)12-16/h2,4-5,12,17,25H,3,6-11,13,15H2,1H3,(H,22,26). The number of piperidine rings is 2. The Morgan fingerprint density at radius 1 is 1.38 bits per heavy atom. The maximum Gasteiger partial charge on any atom is 0.317 e. The quantitative estimate of drug-likeness (QED) is 0.873. The summed E-state index contributed by atoms with van der Waals surface area (Å²) in [5, 5.41) is 22.0. The molecule has 2 heterocycles. The molecule has 3 rings (SSSR count). The third-order valence-corrected chi connectivity index (χ3v) is 5.49. The van der Waals surface area contributed by atoms with Crippen LogP contribution in [-0.4, -0.2) is 53.2 Å². The Balaban J connectivity index is 1.45. The number of aromatic hydroxyl groups is 1. The SMILES string of the molecule is CC1(C#N)CCCN(C(=O)NC2CCN(Cc3cccc(O)c3)CC2)C1. The van der Waals surface area contributed by atoms with E-state index in [0.717, 1.165) is 57.4 Å². The van der Waals surface area contributed by atoms with Gasteiger partial charge in [0.25, 0.3) is 0 Å². The lowest BCUT2D eigenvalue weighted by Crippen LogP contribution is -2.52. The van der Waals surface area contributed by atoms with E-state index in [2.05, 4.69) is 16.3 Å². The number of carbonyl (C=O) groups excluding carboxylic acids is 1. The summed E-state index contributed by atoms with van der Waals surface area (Å²) in [5.74, 6) is 0.301. The van der Waals surface area contributed by atoms with Gasteiger partial charge in [0, 0.05) is 38.8 Å². The van der Waals surface area contributed by atoms with Gasteiger partial charge in [0.2, 0.25) is 0 Å². The van der Waals surface area contributed by atoms with E-state index in [1.165, 1.54) is 0 Å². The molecule has 0 saturated carbocycles. The molecule has 6 nitrogen and oxygen atoms in total. The topological polar surface area (TPSA) is 79.6 Å². The highest BCUT2D eigenvalue weighted by atomic mass is 16.3. The number of benzene rings is 1. The number of carbonyl (C=O) groups is 1. The van der Waals surface area contributed by atoms with Gasteiger partial charge >= 0.3 is 6.03 Å². The number of phenols is 1. The van der Waals surface area contributed by atoms with Gasteiger partial charge in [-0.25, -0.2) is 4.79 Å². The van der Waals surface area contributed by atoms with Gasteiger partial charge in [0.1, 0.15) is 5.75 Å². The predicted molar refractivity (Wildman–Crippen MR) is 99.5 cm³/mol. The molecule has 0 bridgehead atoms. The summed E-state index contributed by atoms with van der Waals surface area (Å²) >= 11 is 0. The number of hydrogen-bond donors (Lipinski definition) is 2. The number of phenolic OH excluding ortho intramolecular Hbond substituents is 1. The molecule has 2 aliphatic heterocycles. The van der Waals surface area contributed by atoms with Crippen molar-refractivity contribution in [1.82, 2.24) is 15.1 Å². The largest absolute Gasteiger partial charge is 0.508 e. The molecule has 1 aromatic rings. The van der Waals surface area contributed by atoms with E-state index >= 15 is 0 Å². The Hall–Kier alpha value is -2.26. The van der Waals surface area contributed by atoms with Crippen molar-refractivity contribution < 1.29 is 9.90 Å². The van der Waals surface area contributed by atoms with Gasteiger partial charge in [-0.3, -0.25) is 4.90 Å². The van der Waals surface area contributed by atoms with Crippen LogP contribution in [0.1, 0.15) is 38.2 Å². The summed E-state index contributed by atoms with van der Waals surface area (Å²) in [6.07, 6.45) is 3.60. The van der Waals surface area contributed by atoms with Gasteiger partial charge in [-0.05, 0) is 50.3 Å². The fourth-order valence-electron chi connectivity index (χ4n) is 3.92. The molecule has 0 aromatic heterocycles. The van der Waals surface area contributed by atoms with Crippen LogP contribution in [0.3, 0.4) is 0 Å². The minimum Gasteiger partial charge on any atom is -0.508 e. The highest BCUT2D eigenvalue weighted by Crippen LogP contribution is 2.28. The van der Waals surface area contributed by atoms with Crippen LogP contribution in [0.25, 0.3) is 0 Å². The molecular formula is C20H28N4O2. The van der Waals surface area contributed by atoms with Crippen molar-refractivity contribution >= 4 is 6.03 Å². The number of nitriles is 1. The second kappa shape index (κ2) is 7.96. The summed E-state index contributed by atoms with van der Waals surface area (Å²) in [4.78, 5) is 16.7. The number of likely N-dealkylation sites (tertiary alicyclic amines) is 2. The van der Waals surface area contributed by atoms with E-state index in [1.807, 2.05) is 19.1 Å². The highest BCUT2D eigenvalue weighted by Gasteiger charge is 2.34. The summed E-state index contributed by atoms with van der Waals surface area (Å²) in [7, 11) is 0. The molecule has 2 fully saturated rings. The van der Waals surface area contributed by atoms with Crippen molar-refractivity contribution in [1.29, 1.82) is 5.26 Å². The predicted octanol–water partition coefficient (Wildman–Crippen LogP) is 2.69. The number of urea groups is 1. The van der Waals surface area contributed by atoms with Gasteiger partial charge in [0.15, 0.2) is 0 Å². The maximum absolute atomic E-state index is 12.5. The zero-order chi connectivity index (χ0) is 18.6. The molecule has 2 aliphatic rings. The maximum atomic E-state index is 12.5. The molecule has 2 amide bonds. The first-order valence-electron chi connectivity index (χ1n) is 9.44. The minimum atomic E-state index is -0.416. The molecule has 140 valence electrons. The Kier molecular flexibility index (Phi) is 5.67. The zero-order valence-corrected chi connectivity index (χ0v) is 15.4. The molecule has 0 spiro atoms. The van der Waals surface area contributed by atoms with Crippen LogP contribution in [-0.2, 0) is 6.54 Å². The van der Waals surface area contributed by atoms with Crippen LogP contribution >= 0.6 is 0 Å². The van der Waals surface area contributed by atoms with Gasteiger partial charge in [-0.1, -0.05) is 12.1 Å². The normalized spacial score (nSPS) is 24.8. The van der Waals surface area contributed by atoms with E-state index in [4.69, 9.17) is 0 Å². The van der Waals surface area contributed by atoms with E-state index in [1.54, 1.807) is 17.0 Å². The first kappa shape index (κ1) is 18.5. The summed E-state index contributed by atoms with van der Waals surface area (Å²) in [6, 6.07) is 9.89. The molecule has 2 saturated heterocycles. The summed E-state index contributed by atoms with van der Waals surface area (Å²) < 4.78 is 0. The van der Waals surface area contributed by atoms with Crippen molar-refractivity contribution in [3.05, 3.63) is 29.8 Å². The van der Waals surface area contributed by atoms with Crippen molar-refractivity contribution in [2.45, 2.75) is 45.2 Å². The first-order chi connectivity index (χ1) is 12.5. The molecule has 6 heteroatoms. The number of nitrogens with one attached hydrogen (secondary N) is 1. The lowest BCUT2D eigenvalue weighted by atomic mass is 9.83. The fourth-order valence-corrected chi connectivity index (χ4v) is 3.92. The average Bonchev–Trinajstić information content (AvgIpc) is 2.63. The van der Waals surface area contributed by atoms with Gasteiger partial charge < -0.3 is 15.3 Å². The Morgan fingerprint density at radius 2 is 2.15 bits per heavy atom. The summed E-state index contributed by atoms with van der Waals surface area (Å²) in [5.41, 5.74) is 0.691. The number of rotatable bonds is 3. The van der Waals surface area contributed by atoms with E-state index in [9.17, 15) is 15.2 Å². The van der Waals surface area contributed by atoms with Crippen molar-refractivity contribution in [2.75, 3.05) is 26.2 Å². The van der Waals surface area contributed by atoms with E-state index in [0.29, 0.717) is 12.3 Å². The van der Waals surface area contributed by atoms with Gasteiger partial charge in [0.05, 0.1) is 11.5 Å². The Labute approximate surface area is 155 Å². The lowest BCUT2D eigenvalue weighted by molar-refractivity contribution is 0.136. The number of amides is 2. The van der Waals surface area contributed by atoms with E-state index in [-0.39, 0.29) is 12.1 Å². The molecule has 1 unspecified atom stereocenters. The van der Waals surface area contributed by atoms with Gasteiger partial charge in [-0.15, -0.1) is 0 Å². The summed E-state index contributed by atoms with van der Waals surface area (Å²) in [6.45, 7) is 5.87. The smallest absolute Gasteiger partial charge is 0.317 e. The third kappa shape index (κ3) is 4.67. The number of hydrogen-bond acceptors (Lipinski definition) is 4. The average molecular weight is 356 g/mol.